The Morgan fingerprint density at radius 3 is 2.74 bits per heavy atom. The van der Waals surface area contributed by atoms with Crippen molar-refractivity contribution in [3.05, 3.63) is 71.5 Å². The molecule has 1 aliphatic rings. The molecule has 0 saturated carbocycles. The fraction of sp³-hybridized carbons (Fsp3) is 0.200. The average Bonchev–Trinajstić information content (AvgIpc) is 3.46. The molecule has 0 radical (unpaired) electrons. The van der Waals surface area contributed by atoms with Gasteiger partial charge in [-0.1, -0.05) is 30.3 Å². The number of hydrogen-bond donors (Lipinski definition) is 0. The normalized spacial score (nSPS) is 16.9. The van der Waals surface area contributed by atoms with Crippen molar-refractivity contribution in [2.75, 3.05) is 6.54 Å². The van der Waals surface area contributed by atoms with Gasteiger partial charge in [0.1, 0.15) is 5.01 Å². The van der Waals surface area contributed by atoms with E-state index in [2.05, 4.69) is 16.3 Å². The van der Waals surface area contributed by atoms with E-state index < -0.39 is 0 Å². The molecular formula is C20H17N5OS. The van der Waals surface area contributed by atoms with E-state index in [1.807, 2.05) is 53.4 Å². The quantitative estimate of drug-likeness (QED) is 0.545. The fourth-order valence-electron chi connectivity index (χ4n) is 3.49. The largest absolute Gasteiger partial charge is 0.328 e. The first-order valence-corrected chi connectivity index (χ1v) is 9.75. The highest BCUT2D eigenvalue weighted by atomic mass is 32.1. The van der Waals surface area contributed by atoms with Crippen LogP contribution in [0.2, 0.25) is 0 Å². The van der Waals surface area contributed by atoms with Crippen molar-refractivity contribution in [3.63, 3.8) is 0 Å². The number of nitrogens with zero attached hydrogens (tertiary/aromatic N) is 5. The van der Waals surface area contributed by atoms with Gasteiger partial charge in [-0.05, 0) is 37.1 Å². The Kier molecular flexibility index (Phi) is 3.94. The molecule has 1 fully saturated rings. The van der Waals surface area contributed by atoms with E-state index >= 15 is 0 Å². The van der Waals surface area contributed by atoms with Crippen LogP contribution in [0.3, 0.4) is 0 Å². The zero-order valence-corrected chi connectivity index (χ0v) is 15.3. The predicted molar refractivity (Wildman–Crippen MR) is 104 cm³/mol. The highest BCUT2D eigenvalue weighted by Crippen LogP contribution is 2.37. The number of hydrogen-bond acceptors (Lipinski definition) is 5. The van der Waals surface area contributed by atoms with Gasteiger partial charge in [-0.25, -0.2) is 4.98 Å². The second-order valence-corrected chi connectivity index (χ2v) is 7.59. The highest BCUT2D eigenvalue weighted by Gasteiger charge is 2.34. The number of carbonyl (C=O) groups is 1. The second kappa shape index (κ2) is 6.59. The van der Waals surface area contributed by atoms with Crippen LogP contribution in [0.5, 0.6) is 0 Å². The molecule has 0 N–H and O–H groups in total. The molecule has 0 bridgehead atoms. The predicted octanol–water partition coefficient (Wildman–Crippen LogP) is 3.85. The van der Waals surface area contributed by atoms with Gasteiger partial charge >= 0.3 is 0 Å². The number of rotatable bonds is 3. The first-order chi connectivity index (χ1) is 13.3. The Hall–Kier alpha value is -3.06. The van der Waals surface area contributed by atoms with Gasteiger partial charge in [-0.2, -0.15) is 9.90 Å². The van der Waals surface area contributed by atoms with Crippen LogP contribution >= 0.6 is 11.3 Å². The van der Waals surface area contributed by atoms with E-state index in [1.165, 1.54) is 4.80 Å². The molecule has 5 rings (SSSR count). The number of amides is 1. The number of para-hydroxylation sites is 2. The van der Waals surface area contributed by atoms with E-state index in [9.17, 15) is 4.79 Å². The van der Waals surface area contributed by atoms with Crippen molar-refractivity contribution in [1.82, 2.24) is 24.9 Å². The Bertz CT molecular complexity index is 1070. The molecule has 1 aliphatic heterocycles. The van der Waals surface area contributed by atoms with Crippen LogP contribution in [0, 0.1) is 0 Å². The van der Waals surface area contributed by atoms with E-state index in [-0.39, 0.29) is 11.9 Å². The summed E-state index contributed by atoms with van der Waals surface area (Å²) in [5.74, 6) is -0.0843. The van der Waals surface area contributed by atoms with Crippen molar-refractivity contribution in [1.29, 1.82) is 0 Å². The molecule has 1 amide bonds. The maximum atomic E-state index is 13.1. The molecule has 1 saturated heterocycles. The molecule has 4 aromatic rings. The number of carbonyl (C=O) groups excluding carboxylic acids is 1. The maximum absolute atomic E-state index is 13.1. The number of aromatic nitrogens is 4. The third-order valence-electron chi connectivity index (χ3n) is 4.81. The maximum Gasteiger partial charge on any atom is 0.276 e. The molecule has 6 nitrogen and oxygen atoms in total. The first-order valence-electron chi connectivity index (χ1n) is 8.94. The molecule has 134 valence electrons. The molecule has 1 atom stereocenters. The van der Waals surface area contributed by atoms with Gasteiger partial charge in [0.2, 0.25) is 0 Å². The third-order valence-corrected chi connectivity index (χ3v) is 5.94. The molecule has 2 aromatic heterocycles. The van der Waals surface area contributed by atoms with E-state index in [4.69, 9.17) is 4.98 Å². The smallest absolute Gasteiger partial charge is 0.276 e. The zero-order chi connectivity index (χ0) is 18.2. The number of likely N-dealkylation sites (tertiary alicyclic amines) is 1. The molecule has 2 aromatic carbocycles. The lowest BCUT2D eigenvalue weighted by molar-refractivity contribution is 0.0729. The van der Waals surface area contributed by atoms with E-state index in [1.54, 1.807) is 17.5 Å². The molecule has 0 spiro atoms. The van der Waals surface area contributed by atoms with Crippen molar-refractivity contribution in [3.8, 4) is 5.69 Å². The topological polar surface area (TPSA) is 63.9 Å². The lowest BCUT2D eigenvalue weighted by Gasteiger charge is -2.21. The Labute approximate surface area is 160 Å². The van der Waals surface area contributed by atoms with Gasteiger partial charge in [0.15, 0.2) is 5.69 Å². The molecule has 27 heavy (non-hydrogen) atoms. The Balaban J connectivity index is 1.43. The average molecular weight is 375 g/mol. The summed E-state index contributed by atoms with van der Waals surface area (Å²) in [7, 11) is 0. The standard InChI is InChI=1S/C20H17N5OS/c26-20(16-13-21-25(23-16)14-7-2-1-3-8-14)24-12-6-10-17(24)19-22-15-9-4-5-11-18(15)27-19/h1-5,7-9,11,13,17H,6,10,12H2. The summed E-state index contributed by atoms with van der Waals surface area (Å²) in [6.45, 7) is 0.720. The first kappa shape index (κ1) is 16.1. The number of benzene rings is 2. The van der Waals surface area contributed by atoms with Crippen LogP contribution in [-0.4, -0.2) is 37.3 Å². The number of thiazole rings is 1. The van der Waals surface area contributed by atoms with Crippen LogP contribution in [-0.2, 0) is 0 Å². The van der Waals surface area contributed by atoms with Gasteiger partial charge in [-0.3, -0.25) is 4.79 Å². The van der Waals surface area contributed by atoms with Crippen molar-refractivity contribution < 1.29 is 4.79 Å². The SMILES string of the molecule is O=C(c1cnn(-c2ccccc2)n1)N1CCCC1c1nc2ccccc2s1. The van der Waals surface area contributed by atoms with Crippen LogP contribution in [0.1, 0.15) is 34.4 Å². The van der Waals surface area contributed by atoms with Crippen molar-refractivity contribution in [2.45, 2.75) is 18.9 Å². The summed E-state index contributed by atoms with van der Waals surface area (Å²) in [5.41, 5.74) is 2.19. The Morgan fingerprint density at radius 1 is 1.07 bits per heavy atom. The summed E-state index contributed by atoms with van der Waals surface area (Å²) in [6, 6.07) is 17.7. The fourth-order valence-corrected chi connectivity index (χ4v) is 4.61. The van der Waals surface area contributed by atoms with Crippen LogP contribution in [0.15, 0.2) is 60.8 Å². The van der Waals surface area contributed by atoms with Gasteiger partial charge in [0, 0.05) is 6.54 Å². The molecule has 0 aliphatic carbocycles. The molecule has 3 heterocycles. The summed E-state index contributed by atoms with van der Waals surface area (Å²) >= 11 is 1.67. The minimum Gasteiger partial charge on any atom is -0.328 e. The molecule has 1 unspecified atom stereocenters. The van der Waals surface area contributed by atoms with E-state index in [0.717, 1.165) is 40.3 Å². The molecular weight excluding hydrogens is 358 g/mol. The summed E-state index contributed by atoms with van der Waals surface area (Å²) in [5, 5.41) is 9.65. The van der Waals surface area contributed by atoms with Crippen molar-refractivity contribution >= 4 is 27.5 Å². The van der Waals surface area contributed by atoms with Gasteiger partial charge in [-0.15, -0.1) is 16.4 Å². The zero-order valence-electron chi connectivity index (χ0n) is 14.5. The summed E-state index contributed by atoms with van der Waals surface area (Å²) in [6.07, 6.45) is 3.45. The van der Waals surface area contributed by atoms with Crippen LogP contribution in [0.25, 0.3) is 15.9 Å². The van der Waals surface area contributed by atoms with Gasteiger partial charge in [0.25, 0.3) is 5.91 Å². The van der Waals surface area contributed by atoms with E-state index in [0.29, 0.717) is 5.69 Å². The lowest BCUT2D eigenvalue weighted by Crippen LogP contribution is -2.30. The minimum atomic E-state index is -0.0843. The summed E-state index contributed by atoms with van der Waals surface area (Å²) in [4.78, 5) is 21.2. The second-order valence-electron chi connectivity index (χ2n) is 6.53. The molecule has 7 heteroatoms. The Morgan fingerprint density at radius 2 is 1.89 bits per heavy atom. The van der Waals surface area contributed by atoms with Crippen molar-refractivity contribution in [2.24, 2.45) is 0 Å². The highest BCUT2D eigenvalue weighted by molar-refractivity contribution is 7.18. The van der Waals surface area contributed by atoms with Crippen LogP contribution in [0.4, 0.5) is 0 Å². The van der Waals surface area contributed by atoms with Gasteiger partial charge < -0.3 is 4.90 Å². The van der Waals surface area contributed by atoms with Crippen LogP contribution < -0.4 is 0 Å². The number of fused-ring (bicyclic) bond motifs is 1. The summed E-state index contributed by atoms with van der Waals surface area (Å²) < 4.78 is 1.15. The van der Waals surface area contributed by atoms with Gasteiger partial charge in [0.05, 0.1) is 28.1 Å². The third kappa shape index (κ3) is 2.90. The lowest BCUT2D eigenvalue weighted by atomic mass is 10.2. The minimum absolute atomic E-state index is 0.0109. The monoisotopic (exact) mass is 375 g/mol.